The van der Waals surface area contributed by atoms with Crippen LogP contribution in [0, 0.1) is 6.92 Å². The lowest BCUT2D eigenvalue weighted by molar-refractivity contribution is -0.139. The van der Waals surface area contributed by atoms with Crippen LogP contribution in [0.5, 0.6) is 17.5 Å². The highest BCUT2D eigenvalue weighted by molar-refractivity contribution is 6.30. The number of hydrogen-bond acceptors (Lipinski definition) is 5. The lowest BCUT2D eigenvalue weighted by Gasteiger charge is -2.42. The van der Waals surface area contributed by atoms with Gasteiger partial charge in [-0.3, -0.25) is 14.3 Å². The van der Waals surface area contributed by atoms with Gasteiger partial charge < -0.3 is 20.1 Å². The summed E-state index contributed by atoms with van der Waals surface area (Å²) in [6.45, 7) is 3.23. The monoisotopic (exact) mass is 498 g/mol. The molecule has 1 aliphatic carbocycles. The molecule has 1 heterocycles. The van der Waals surface area contributed by atoms with E-state index < -0.39 is 5.97 Å². The average Bonchev–Trinajstić information content (AvgIpc) is 3.10. The van der Waals surface area contributed by atoms with Crippen molar-refractivity contribution in [3.63, 3.8) is 0 Å². The van der Waals surface area contributed by atoms with E-state index in [1.807, 2.05) is 43.3 Å². The Hall–Kier alpha value is -3.16. The van der Waals surface area contributed by atoms with Crippen LogP contribution in [-0.2, 0) is 17.9 Å². The second kappa shape index (κ2) is 11.1. The Labute approximate surface area is 210 Å². The molecule has 0 spiro atoms. The predicted molar refractivity (Wildman–Crippen MR) is 134 cm³/mol. The van der Waals surface area contributed by atoms with Crippen molar-refractivity contribution in [3.05, 3.63) is 76.3 Å². The summed E-state index contributed by atoms with van der Waals surface area (Å²) in [6, 6.07) is 16.4. The van der Waals surface area contributed by atoms with E-state index in [-0.39, 0.29) is 24.2 Å². The number of carboxylic acid groups (broad SMARTS) is 1. The number of hydrogen-bond donors (Lipinski definition) is 3. The molecule has 0 amide bonds. The number of aromatic hydroxyl groups is 2. The summed E-state index contributed by atoms with van der Waals surface area (Å²) < 4.78 is 7.27. The minimum atomic E-state index is -0.825. The second-order valence-corrected chi connectivity index (χ2v) is 9.51. The number of halogens is 1. The van der Waals surface area contributed by atoms with Crippen LogP contribution in [0.3, 0.4) is 0 Å². The van der Waals surface area contributed by atoms with E-state index in [1.165, 1.54) is 16.7 Å². The van der Waals surface area contributed by atoms with Gasteiger partial charge in [0, 0.05) is 35.8 Å². The number of ether oxygens (including phenoxy) is 1. The maximum Gasteiger partial charge on any atom is 0.305 e. The molecule has 0 radical (unpaired) electrons. The summed E-state index contributed by atoms with van der Waals surface area (Å²) >= 11 is 6.08. The Morgan fingerprint density at radius 3 is 2.37 bits per heavy atom. The van der Waals surface area contributed by atoms with Crippen molar-refractivity contribution in [1.29, 1.82) is 0 Å². The second-order valence-electron chi connectivity index (χ2n) is 9.07. The summed E-state index contributed by atoms with van der Waals surface area (Å²) in [6.07, 6.45) is 3.29. The molecule has 0 bridgehead atoms. The van der Waals surface area contributed by atoms with Gasteiger partial charge in [0.05, 0.1) is 13.0 Å². The molecule has 1 unspecified atom stereocenters. The Morgan fingerprint density at radius 2 is 1.80 bits per heavy atom. The average molecular weight is 499 g/mol. The normalized spacial score (nSPS) is 14.6. The number of carbonyl (C=O) groups is 1. The van der Waals surface area contributed by atoms with Crippen molar-refractivity contribution in [2.75, 3.05) is 6.61 Å². The molecular weight excluding hydrogens is 468 g/mol. The Morgan fingerprint density at radius 1 is 1.11 bits per heavy atom. The number of nitrogens with zero attached hydrogens (tertiary/aromatic N) is 2. The van der Waals surface area contributed by atoms with Crippen LogP contribution in [0.15, 0.2) is 54.6 Å². The first-order valence-corrected chi connectivity index (χ1v) is 12.2. The van der Waals surface area contributed by atoms with Gasteiger partial charge in [0.2, 0.25) is 0 Å². The number of aryl methyl sites for hydroxylation is 1. The van der Waals surface area contributed by atoms with Crippen molar-refractivity contribution in [3.8, 4) is 17.5 Å². The van der Waals surface area contributed by atoms with E-state index in [4.69, 9.17) is 16.3 Å². The molecule has 35 heavy (non-hydrogen) atoms. The maximum absolute atomic E-state index is 11.8. The van der Waals surface area contributed by atoms with Crippen LogP contribution in [0.4, 0.5) is 0 Å². The number of carboxylic acids is 1. The molecule has 4 rings (SSSR count). The lowest BCUT2D eigenvalue weighted by atomic mass is 9.87. The summed E-state index contributed by atoms with van der Waals surface area (Å²) in [5.74, 6) is -0.111. The molecule has 3 aromatic rings. The molecule has 1 aliphatic rings. The van der Waals surface area contributed by atoms with Crippen molar-refractivity contribution >= 4 is 17.6 Å². The highest BCUT2D eigenvalue weighted by atomic mass is 35.5. The van der Waals surface area contributed by atoms with Crippen LogP contribution in [0.2, 0.25) is 5.02 Å². The zero-order valence-corrected chi connectivity index (χ0v) is 20.5. The molecule has 2 aromatic carbocycles. The van der Waals surface area contributed by atoms with Crippen LogP contribution in [0.1, 0.15) is 48.4 Å². The molecule has 8 heteroatoms. The maximum atomic E-state index is 11.8. The van der Waals surface area contributed by atoms with Gasteiger partial charge in [0.1, 0.15) is 12.4 Å². The minimum Gasteiger partial charge on any atom is -0.494 e. The molecular formula is C27H31ClN2O5. The Bertz CT molecular complexity index is 1140. The molecule has 1 saturated carbocycles. The smallest absolute Gasteiger partial charge is 0.305 e. The Balaban J connectivity index is 1.48. The van der Waals surface area contributed by atoms with E-state index in [9.17, 15) is 20.1 Å². The topological polar surface area (TPSA) is 95.2 Å². The molecule has 3 N–H and O–H groups in total. The van der Waals surface area contributed by atoms with Gasteiger partial charge in [0.25, 0.3) is 0 Å². The summed E-state index contributed by atoms with van der Waals surface area (Å²) in [5.41, 5.74) is 3.02. The first kappa shape index (κ1) is 24.9. The summed E-state index contributed by atoms with van der Waals surface area (Å²) in [4.78, 5) is 14.1. The third-order valence-corrected chi connectivity index (χ3v) is 6.93. The summed E-state index contributed by atoms with van der Waals surface area (Å²) in [7, 11) is 0. The van der Waals surface area contributed by atoms with E-state index >= 15 is 0 Å². The van der Waals surface area contributed by atoms with E-state index in [0.29, 0.717) is 30.8 Å². The lowest BCUT2D eigenvalue weighted by Crippen LogP contribution is -2.42. The highest BCUT2D eigenvalue weighted by Gasteiger charge is 2.33. The van der Waals surface area contributed by atoms with Crippen LogP contribution in [0.25, 0.3) is 0 Å². The molecule has 7 nitrogen and oxygen atoms in total. The van der Waals surface area contributed by atoms with Crippen LogP contribution >= 0.6 is 11.6 Å². The Kier molecular flexibility index (Phi) is 7.88. The first-order valence-electron chi connectivity index (χ1n) is 11.8. The first-order chi connectivity index (χ1) is 16.8. The minimum absolute atomic E-state index is 0.00846. The standard InChI is InChI=1S/C27H31ClN2O5/c1-18-15-19(5-10-24(18)35-14-13-29-25(31)11-12-26(29)32)17-30(22-3-2-4-22)23(16-27(33)34)20-6-8-21(28)9-7-20/h5-12,15,22-23,31-32H,2-4,13-14,16-17H2,1H3,(H,33,34). The fourth-order valence-corrected chi connectivity index (χ4v) is 4.72. The third kappa shape index (κ3) is 6.10. The zero-order valence-electron chi connectivity index (χ0n) is 19.7. The van der Waals surface area contributed by atoms with Gasteiger partial charge >= 0.3 is 5.97 Å². The predicted octanol–water partition coefficient (Wildman–Crippen LogP) is 5.51. The largest absolute Gasteiger partial charge is 0.494 e. The number of rotatable bonds is 11. The van der Waals surface area contributed by atoms with Crippen molar-refractivity contribution in [2.24, 2.45) is 0 Å². The fraction of sp³-hybridized carbons (Fsp3) is 0.370. The zero-order chi connectivity index (χ0) is 24.9. The molecule has 1 atom stereocenters. The molecule has 1 aromatic heterocycles. The van der Waals surface area contributed by atoms with Crippen molar-refractivity contribution in [2.45, 2.75) is 57.8 Å². The van der Waals surface area contributed by atoms with Crippen LogP contribution < -0.4 is 4.74 Å². The van der Waals surface area contributed by atoms with Gasteiger partial charge in [-0.2, -0.15) is 0 Å². The van der Waals surface area contributed by atoms with E-state index in [0.717, 1.165) is 41.7 Å². The van der Waals surface area contributed by atoms with E-state index in [2.05, 4.69) is 11.0 Å². The van der Waals surface area contributed by atoms with E-state index in [1.54, 1.807) is 0 Å². The quantitative estimate of drug-likeness (QED) is 0.322. The van der Waals surface area contributed by atoms with Gasteiger partial charge in [-0.1, -0.05) is 42.3 Å². The van der Waals surface area contributed by atoms with Gasteiger partial charge in [-0.05, 0) is 54.7 Å². The third-order valence-electron chi connectivity index (χ3n) is 6.68. The molecule has 0 saturated heterocycles. The number of benzene rings is 2. The van der Waals surface area contributed by atoms with Gasteiger partial charge in [-0.15, -0.1) is 0 Å². The fourth-order valence-electron chi connectivity index (χ4n) is 4.59. The number of aromatic nitrogens is 1. The van der Waals surface area contributed by atoms with Crippen molar-refractivity contribution in [1.82, 2.24) is 9.47 Å². The SMILES string of the molecule is Cc1cc(CN(C2CCC2)C(CC(=O)O)c2ccc(Cl)cc2)ccc1OCCn1c(O)ccc1O. The van der Waals surface area contributed by atoms with Crippen molar-refractivity contribution < 1.29 is 24.9 Å². The van der Waals surface area contributed by atoms with Crippen LogP contribution in [-0.4, -0.2) is 43.4 Å². The molecule has 0 aliphatic heterocycles. The summed E-state index contributed by atoms with van der Waals surface area (Å²) in [5, 5.41) is 29.8. The number of aliphatic carboxylic acids is 1. The van der Waals surface area contributed by atoms with Gasteiger partial charge in [-0.25, -0.2) is 0 Å². The molecule has 186 valence electrons. The highest BCUT2D eigenvalue weighted by Crippen LogP contribution is 2.36. The van der Waals surface area contributed by atoms with Gasteiger partial charge in [0.15, 0.2) is 11.8 Å². The molecule has 1 fully saturated rings.